The van der Waals surface area contributed by atoms with Gasteiger partial charge < -0.3 is 0 Å². The lowest BCUT2D eigenvalue weighted by molar-refractivity contribution is 0.0744. The molecule has 8 heteroatoms. The number of nitrogens with one attached hydrogen (secondary N) is 1. The lowest BCUT2D eigenvalue weighted by Crippen LogP contribution is -2.45. The summed E-state index contributed by atoms with van der Waals surface area (Å²) in [6.45, 7) is 3.82. The van der Waals surface area contributed by atoms with Crippen molar-refractivity contribution in [1.82, 2.24) is 20.2 Å². The largest absolute Gasteiger partial charge is 0.286 e. The second-order valence-electron chi connectivity index (χ2n) is 7.63. The number of carbonyl (C=O) groups excluding carboxylic acids is 1. The van der Waals surface area contributed by atoms with Crippen molar-refractivity contribution < 1.29 is 4.79 Å². The van der Waals surface area contributed by atoms with E-state index in [0.717, 1.165) is 54.2 Å². The van der Waals surface area contributed by atoms with E-state index in [9.17, 15) is 4.79 Å². The van der Waals surface area contributed by atoms with Crippen LogP contribution in [-0.4, -0.2) is 33.8 Å². The highest BCUT2D eigenvalue weighted by atomic mass is 35.5. The first-order valence-corrected chi connectivity index (χ1v) is 12.3. The zero-order chi connectivity index (χ0) is 22.5. The van der Waals surface area contributed by atoms with Crippen LogP contribution in [0.25, 0.3) is 16.3 Å². The summed E-state index contributed by atoms with van der Waals surface area (Å²) in [7, 11) is 0. The van der Waals surface area contributed by atoms with E-state index in [2.05, 4.69) is 29.3 Å². The van der Waals surface area contributed by atoms with Crippen molar-refractivity contribution in [2.45, 2.75) is 39.0 Å². The zero-order valence-electron chi connectivity index (χ0n) is 17.8. The van der Waals surface area contributed by atoms with Gasteiger partial charge in [-0.05, 0) is 55.7 Å². The monoisotopic (exact) mass is 486 g/mol. The van der Waals surface area contributed by atoms with Crippen molar-refractivity contribution in [3.05, 3.63) is 57.0 Å². The molecule has 1 N–H and O–H groups in total. The number of aromatic nitrogens is 2. The predicted molar refractivity (Wildman–Crippen MR) is 132 cm³/mol. The van der Waals surface area contributed by atoms with Crippen molar-refractivity contribution in [3.63, 3.8) is 0 Å². The summed E-state index contributed by atoms with van der Waals surface area (Å²) in [5.74, 6) is 6.16. The molecule has 1 fully saturated rings. The Morgan fingerprint density at radius 1 is 1.16 bits per heavy atom. The van der Waals surface area contributed by atoms with Gasteiger partial charge >= 0.3 is 0 Å². The summed E-state index contributed by atoms with van der Waals surface area (Å²) < 4.78 is 1.71. The van der Waals surface area contributed by atoms with Crippen LogP contribution < -0.4 is 5.43 Å². The maximum absolute atomic E-state index is 13.0. The highest BCUT2D eigenvalue weighted by molar-refractivity contribution is 7.16. The van der Waals surface area contributed by atoms with Gasteiger partial charge in [-0.25, -0.2) is 9.69 Å². The van der Waals surface area contributed by atoms with Crippen molar-refractivity contribution in [3.8, 4) is 28.1 Å². The van der Waals surface area contributed by atoms with E-state index in [0.29, 0.717) is 21.4 Å². The fraction of sp³-hybridized carbons (Fsp3) is 0.333. The zero-order valence-corrected chi connectivity index (χ0v) is 20.2. The van der Waals surface area contributed by atoms with Gasteiger partial charge in [0.2, 0.25) is 0 Å². The number of piperidine rings is 1. The molecule has 1 aromatic carbocycles. The fourth-order valence-corrected chi connectivity index (χ4v) is 4.90. The van der Waals surface area contributed by atoms with E-state index in [4.69, 9.17) is 23.2 Å². The number of unbranched alkanes of at least 4 members (excludes halogenated alkanes) is 1. The minimum Gasteiger partial charge on any atom is -0.283 e. The average molecular weight is 487 g/mol. The Labute approximate surface area is 202 Å². The van der Waals surface area contributed by atoms with Gasteiger partial charge in [-0.15, -0.1) is 11.3 Å². The molecule has 4 rings (SSSR count). The molecule has 1 saturated heterocycles. The summed E-state index contributed by atoms with van der Waals surface area (Å²) in [5.41, 5.74) is 4.77. The van der Waals surface area contributed by atoms with Gasteiger partial charge in [0.1, 0.15) is 0 Å². The Morgan fingerprint density at radius 2 is 1.97 bits per heavy atom. The Morgan fingerprint density at radius 3 is 2.72 bits per heavy atom. The van der Waals surface area contributed by atoms with Crippen LogP contribution in [0.5, 0.6) is 0 Å². The molecule has 5 nitrogen and oxygen atoms in total. The Hall–Kier alpha value is -2.30. The summed E-state index contributed by atoms with van der Waals surface area (Å²) >= 11 is 14.1. The summed E-state index contributed by atoms with van der Waals surface area (Å²) in [4.78, 5) is 14.9. The summed E-state index contributed by atoms with van der Waals surface area (Å²) in [6, 6.07) is 11.1. The molecule has 3 aromatic rings. The van der Waals surface area contributed by atoms with Crippen LogP contribution in [0.1, 0.15) is 54.4 Å². The molecule has 2 aromatic heterocycles. The molecule has 0 radical (unpaired) electrons. The SMILES string of the molecule is CCCC#Cc1ccc(-c2cc(C(=O)NN3CCCCC3)nn2-c2ccc(Cl)cc2Cl)s1. The van der Waals surface area contributed by atoms with Crippen LogP contribution in [0, 0.1) is 11.8 Å². The molecule has 166 valence electrons. The molecule has 1 aliphatic heterocycles. The lowest BCUT2D eigenvalue weighted by Gasteiger charge is -2.26. The number of carbonyl (C=O) groups is 1. The van der Waals surface area contributed by atoms with Crippen LogP contribution in [-0.2, 0) is 0 Å². The van der Waals surface area contributed by atoms with Crippen LogP contribution in [0.2, 0.25) is 10.0 Å². The van der Waals surface area contributed by atoms with E-state index in [-0.39, 0.29) is 5.91 Å². The van der Waals surface area contributed by atoms with Gasteiger partial charge in [-0.1, -0.05) is 48.4 Å². The molecule has 0 aliphatic carbocycles. The second kappa shape index (κ2) is 10.5. The lowest BCUT2D eigenvalue weighted by atomic mass is 10.2. The third kappa shape index (κ3) is 5.36. The predicted octanol–water partition coefficient (Wildman–Crippen LogP) is 6.19. The van der Waals surface area contributed by atoms with E-state index in [1.165, 1.54) is 6.42 Å². The van der Waals surface area contributed by atoms with E-state index in [1.54, 1.807) is 34.2 Å². The standard InChI is InChI=1S/C24H24Cl2N4OS/c1-2-3-5-8-18-10-12-23(32-18)22-16-20(24(31)28-29-13-6-4-7-14-29)27-30(22)21-11-9-17(25)15-19(21)26/h9-12,15-16H,2-4,6-7,13-14H2,1H3,(H,28,31). The topological polar surface area (TPSA) is 50.2 Å². The molecule has 1 aliphatic rings. The third-order valence-corrected chi connectivity index (χ3v) is 6.70. The molecule has 0 bridgehead atoms. The van der Waals surface area contributed by atoms with E-state index in [1.807, 2.05) is 23.2 Å². The highest BCUT2D eigenvalue weighted by Gasteiger charge is 2.21. The number of hydrogen-bond donors (Lipinski definition) is 1. The number of hydrazine groups is 1. The first kappa shape index (κ1) is 22.9. The molecular formula is C24H24Cl2N4OS. The van der Waals surface area contributed by atoms with Gasteiger partial charge in [0.15, 0.2) is 5.69 Å². The molecule has 0 atom stereocenters. The molecular weight excluding hydrogens is 463 g/mol. The molecule has 0 spiro atoms. The number of nitrogens with zero attached hydrogens (tertiary/aromatic N) is 3. The minimum absolute atomic E-state index is 0.225. The number of benzene rings is 1. The van der Waals surface area contributed by atoms with Crippen LogP contribution in [0.15, 0.2) is 36.4 Å². The first-order valence-electron chi connectivity index (χ1n) is 10.8. The maximum atomic E-state index is 13.0. The van der Waals surface area contributed by atoms with E-state index < -0.39 is 0 Å². The van der Waals surface area contributed by atoms with Crippen LogP contribution >= 0.6 is 34.5 Å². The number of hydrogen-bond acceptors (Lipinski definition) is 4. The summed E-state index contributed by atoms with van der Waals surface area (Å²) in [5, 5.41) is 7.59. The van der Waals surface area contributed by atoms with E-state index >= 15 is 0 Å². The molecule has 0 unspecified atom stereocenters. The number of amides is 1. The molecule has 0 saturated carbocycles. The Balaban J connectivity index is 1.70. The summed E-state index contributed by atoms with van der Waals surface area (Å²) in [6.07, 6.45) is 5.26. The minimum atomic E-state index is -0.225. The van der Waals surface area contributed by atoms with Crippen molar-refractivity contribution in [2.24, 2.45) is 0 Å². The third-order valence-electron chi connectivity index (χ3n) is 5.14. The van der Waals surface area contributed by atoms with Gasteiger partial charge in [0.05, 0.1) is 26.2 Å². The number of thiophene rings is 1. The van der Waals surface area contributed by atoms with Crippen molar-refractivity contribution in [2.75, 3.05) is 13.1 Å². The molecule has 32 heavy (non-hydrogen) atoms. The second-order valence-corrected chi connectivity index (χ2v) is 9.55. The average Bonchev–Trinajstić information content (AvgIpc) is 3.42. The highest BCUT2D eigenvalue weighted by Crippen LogP contribution is 2.33. The smallest absolute Gasteiger partial charge is 0.283 e. The van der Waals surface area contributed by atoms with Crippen LogP contribution in [0.3, 0.4) is 0 Å². The quantitative estimate of drug-likeness (QED) is 0.437. The normalized spacial score (nSPS) is 14.1. The first-order chi connectivity index (χ1) is 15.5. The fourth-order valence-electron chi connectivity index (χ4n) is 3.53. The van der Waals surface area contributed by atoms with Crippen LogP contribution in [0.4, 0.5) is 0 Å². The van der Waals surface area contributed by atoms with Gasteiger partial charge in [0.25, 0.3) is 5.91 Å². The van der Waals surface area contributed by atoms with Gasteiger partial charge in [-0.2, -0.15) is 5.10 Å². The number of halogens is 2. The Kier molecular flexibility index (Phi) is 7.54. The molecule has 1 amide bonds. The van der Waals surface area contributed by atoms with Gasteiger partial charge in [-0.3, -0.25) is 10.2 Å². The molecule has 3 heterocycles. The van der Waals surface area contributed by atoms with Crippen molar-refractivity contribution >= 4 is 40.4 Å². The van der Waals surface area contributed by atoms with Gasteiger partial charge in [0, 0.05) is 24.5 Å². The maximum Gasteiger partial charge on any atom is 0.286 e. The Bertz CT molecular complexity index is 1170. The van der Waals surface area contributed by atoms with Crippen molar-refractivity contribution in [1.29, 1.82) is 0 Å². The number of rotatable bonds is 5.